The van der Waals surface area contributed by atoms with E-state index in [0.29, 0.717) is 5.56 Å². The fraction of sp³-hybridized carbons (Fsp3) is 0.364. The number of hydrogen-bond acceptors (Lipinski definition) is 2. The van der Waals surface area contributed by atoms with Crippen molar-refractivity contribution in [3.8, 4) is 0 Å². The van der Waals surface area contributed by atoms with Crippen LogP contribution in [0.15, 0.2) is 24.3 Å². The van der Waals surface area contributed by atoms with Crippen LogP contribution in [0.5, 0.6) is 0 Å². The molecule has 1 aromatic carbocycles. The molecule has 0 aromatic heterocycles. The van der Waals surface area contributed by atoms with Gasteiger partial charge in [0.1, 0.15) is 0 Å². The van der Waals surface area contributed by atoms with E-state index in [-0.39, 0.29) is 11.9 Å². The molecular weight excluding hydrogens is 263 g/mol. The fourth-order valence-electron chi connectivity index (χ4n) is 1.19. The third-order valence-electron chi connectivity index (χ3n) is 2.24. The van der Waals surface area contributed by atoms with Crippen molar-refractivity contribution in [1.82, 2.24) is 0 Å². The summed E-state index contributed by atoms with van der Waals surface area (Å²) in [4.78, 5) is 11.1. The van der Waals surface area contributed by atoms with E-state index >= 15 is 0 Å². The van der Waals surface area contributed by atoms with Crippen LogP contribution in [0, 0.1) is 0 Å². The van der Waals surface area contributed by atoms with E-state index in [0.717, 1.165) is 5.56 Å². The summed E-state index contributed by atoms with van der Waals surface area (Å²) in [5.41, 5.74) is 1.31. The standard InChI is InChI=1S/C11H12BrFO2/c1-7(10(12)13)8-3-5-9(6-4-8)11(14)15-2/h3-7,10H,1-2H3. The summed E-state index contributed by atoms with van der Waals surface area (Å²) >= 11 is 2.88. The van der Waals surface area contributed by atoms with Crippen LogP contribution < -0.4 is 0 Å². The lowest BCUT2D eigenvalue weighted by Gasteiger charge is -2.11. The topological polar surface area (TPSA) is 26.3 Å². The monoisotopic (exact) mass is 274 g/mol. The molecule has 0 bridgehead atoms. The SMILES string of the molecule is COC(=O)c1ccc(C(C)C(F)Br)cc1. The van der Waals surface area contributed by atoms with Gasteiger partial charge in [0.25, 0.3) is 0 Å². The average Bonchev–Trinajstić information content (AvgIpc) is 2.27. The highest BCUT2D eigenvalue weighted by molar-refractivity contribution is 9.09. The van der Waals surface area contributed by atoms with Gasteiger partial charge in [-0.2, -0.15) is 0 Å². The van der Waals surface area contributed by atoms with Gasteiger partial charge in [-0.05, 0) is 17.7 Å². The Balaban J connectivity index is 2.85. The molecule has 0 fully saturated rings. The molecule has 2 atom stereocenters. The summed E-state index contributed by atoms with van der Waals surface area (Å²) in [5.74, 6) is -0.624. The van der Waals surface area contributed by atoms with Crippen LogP contribution in [0.1, 0.15) is 28.8 Å². The number of halogens is 2. The molecule has 0 saturated carbocycles. The first kappa shape index (κ1) is 12.2. The van der Waals surface area contributed by atoms with Crippen molar-refractivity contribution in [1.29, 1.82) is 0 Å². The van der Waals surface area contributed by atoms with Crippen molar-refractivity contribution in [2.24, 2.45) is 0 Å². The summed E-state index contributed by atoms with van der Waals surface area (Å²) in [6.45, 7) is 1.77. The largest absolute Gasteiger partial charge is 0.465 e. The van der Waals surface area contributed by atoms with Gasteiger partial charge < -0.3 is 4.74 Å². The van der Waals surface area contributed by atoms with E-state index in [1.165, 1.54) is 7.11 Å². The Hall–Kier alpha value is -0.900. The molecule has 15 heavy (non-hydrogen) atoms. The molecule has 0 saturated heterocycles. The van der Waals surface area contributed by atoms with Crippen LogP contribution in [0.4, 0.5) is 4.39 Å². The second kappa shape index (κ2) is 5.26. The normalized spacial score (nSPS) is 14.4. The summed E-state index contributed by atoms with van der Waals surface area (Å²) in [6, 6.07) is 6.72. The van der Waals surface area contributed by atoms with Crippen LogP contribution in [-0.2, 0) is 4.74 Å². The van der Waals surface area contributed by atoms with Gasteiger partial charge in [-0.3, -0.25) is 0 Å². The third-order valence-corrected chi connectivity index (χ3v) is 3.03. The zero-order chi connectivity index (χ0) is 11.4. The Kier molecular flexibility index (Phi) is 4.27. The van der Waals surface area contributed by atoms with Gasteiger partial charge in [0, 0.05) is 5.92 Å². The quantitative estimate of drug-likeness (QED) is 0.625. The van der Waals surface area contributed by atoms with E-state index in [4.69, 9.17) is 0 Å². The zero-order valence-electron chi connectivity index (χ0n) is 8.54. The minimum Gasteiger partial charge on any atom is -0.465 e. The maximum absolute atomic E-state index is 12.9. The lowest BCUT2D eigenvalue weighted by Crippen LogP contribution is -2.05. The van der Waals surface area contributed by atoms with Gasteiger partial charge in [0.15, 0.2) is 5.08 Å². The maximum Gasteiger partial charge on any atom is 0.337 e. The lowest BCUT2D eigenvalue weighted by molar-refractivity contribution is 0.0600. The van der Waals surface area contributed by atoms with Gasteiger partial charge in [-0.15, -0.1) is 0 Å². The number of carbonyl (C=O) groups is 1. The Morgan fingerprint density at radius 1 is 1.40 bits per heavy atom. The van der Waals surface area contributed by atoms with Crippen molar-refractivity contribution >= 4 is 21.9 Å². The number of rotatable bonds is 3. The summed E-state index contributed by atoms with van der Waals surface area (Å²) < 4.78 is 17.5. The van der Waals surface area contributed by atoms with E-state index in [1.54, 1.807) is 31.2 Å². The van der Waals surface area contributed by atoms with Crippen LogP contribution in [0.3, 0.4) is 0 Å². The van der Waals surface area contributed by atoms with E-state index < -0.39 is 5.08 Å². The maximum atomic E-state index is 12.9. The summed E-state index contributed by atoms with van der Waals surface area (Å²) in [7, 11) is 1.33. The summed E-state index contributed by atoms with van der Waals surface area (Å²) in [6.07, 6.45) is 0. The molecule has 4 heteroatoms. The second-order valence-corrected chi connectivity index (χ2v) is 4.11. The molecule has 0 N–H and O–H groups in total. The van der Waals surface area contributed by atoms with Gasteiger partial charge in [-0.1, -0.05) is 35.0 Å². The number of esters is 1. The highest BCUT2D eigenvalue weighted by Gasteiger charge is 2.15. The van der Waals surface area contributed by atoms with Gasteiger partial charge in [0.2, 0.25) is 0 Å². The van der Waals surface area contributed by atoms with Crippen LogP contribution in [0.25, 0.3) is 0 Å². The average molecular weight is 275 g/mol. The number of benzene rings is 1. The highest BCUT2D eigenvalue weighted by Crippen LogP contribution is 2.25. The Labute approximate surface area is 96.6 Å². The van der Waals surface area contributed by atoms with Gasteiger partial charge >= 0.3 is 5.97 Å². The first-order valence-electron chi connectivity index (χ1n) is 4.52. The van der Waals surface area contributed by atoms with Crippen LogP contribution in [-0.4, -0.2) is 18.2 Å². The number of methoxy groups -OCH3 is 1. The minimum absolute atomic E-state index is 0.239. The lowest BCUT2D eigenvalue weighted by atomic mass is 10.0. The molecule has 1 aromatic rings. The van der Waals surface area contributed by atoms with Crippen molar-refractivity contribution in [3.05, 3.63) is 35.4 Å². The number of carbonyl (C=O) groups excluding carboxylic acids is 1. The molecule has 0 radical (unpaired) electrons. The van der Waals surface area contributed by atoms with Gasteiger partial charge in [-0.25, -0.2) is 9.18 Å². The molecule has 0 spiro atoms. The molecule has 1 rings (SSSR count). The third kappa shape index (κ3) is 3.02. The molecule has 0 aliphatic heterocycles. The number of hydrogen-bond donors (Lipinski definition) is 0. The van der Waals surface area contributed by atoms with E-state index in [1.807, 2.05) is 0 Å². The molecule has 82 valence electrons. The van der Waals surface area contributed by atoms with Crippen molar-refractivity contribution < 1.29 is 13.9 Å². The van der Waals surface area contributed by atoms with Crippen molar-refractivity contribution in [2.45, 2.75) is 17.9 Å². The number of alkyl halides is 2. The first-order valence-corrected chi connectivity index (χ1v) is 5.44. The van der Waals surface area contributed by atoms with Crippen molar-refractivity contribution in [3.63, 3.8) is 0 Å². The molecule has 0 heterocycles. The Morgan fingerprint density at radius 3 is 2.33 bits per heavy atom. The molecule has 0 aliphatic rings. The second-order valence-electron chi connectivity index (χ2n) is 3.24. The van der Waals surface area contributed by atoms with Crippen LogP contribution >= 0.6 is 15.9 Å². The molecule has 0 aliphatic carbocycles. The predicted octanol–water partition coefficient (Wildman–Crippen LogP) is 3.27. The Bertz CT molecular complexity index is 335. The van der Waals surface area contributed by atoms with E-state index in [2.05, 4.69) is 20.7 Å². The first-order chi connectivity index (χ1) is 7.06. The predicted molar refractivity (Wildman–Crippen MR) is 60.0 cm³/mol. The Morgan fingerprint density at radius 2 is 1.93 bits per heavy atom. The minimum atomic E-state index is -1.08. The fourth-order valence-corrected chi connectivity index (χ4v) is 1.49. The number of ether oxygens (including phenoxy) is 1. The highest BCUT2D eigenvalue weighted by atomic mass is 79.9. The zero-order valence-corrected chi connectivity index (χ0v) is 10.1. The van der Waals surface area contributed by atoms with Crippen LogP contribution in [0.2, 0.25) is 0 Å². The smallest absolute Gasteiger partial charge is 0.337 e. The summed E-state index contributed by atoms with van der Waals surface area (Å²) in [5, 5.41) is -1.08. The van der Waals surface area contributed by atoms with Crippen molar-refractivity contribution in [2.75, 3.05) is 7.11 Å². The molecule has 2 unspecified atom stereocenters. The van der Waals surface area contributed by atoms with E-state index in [9.17, 15) is 9.18 Å². The molecule has 0 amide bonds. The molecular formula is C11H12BrFO2. The van der Waals surface area contributed by atoms with Gasteiger partial charge in [0.05, 0.1) is 12.7 Å². The molecule has 2 nitrogen and oxygen atoms in total.